The zero-order chi connectivity index (χ0) is 12.3. The Balaban J connectivity index is 2.41. The number of benzene rings is 1. The minimum absolute atomic E-state index is 0.161. The van der Waals surface area contributed by atoms with E-state index in [1.807, 2.05) is 6.07 Å². The molecular formula is C9H10N6OS. The molecule has 0 spiro atoms. The summed E-state index contributed by atoms with van der Waals surface area (Å²) in [5, 5.41) is 16.6. The van der Waals surface area contributed by atoms with E-state index >= 15 is 0 Å². The van der Waals surface area contributed by atoms with Crippen LogP contribution >= 0.6 is 12.2 Å². The quantitative estimate of drug-likeness (QED) is 0.683. The van der Waals surface area contributed by atoms with Crippen LogP contribution in [0.15, 0.2) is 18.2 Å². The molecule has 17 heavy (non-hydrogen) atoms. The maximum absolute atomic E-state index is 5.43. The molecule has 0 unspecified atom stereocenters. The topological polar surface area (TPSA) is 102 Å². The summed E-state index contributed by atoms with van der Waals surface area (Å²) in [5.41, 5.74) is 6.86. The molecule has 1 heterocycles. The molecular weight excluding hydrogens is 240 g/mol. The fourth-order valence-corrected chi connectivity index (χ4v) is 1.47. The number of aromatic amines is 1. The van der Waals surface area contributed by atoms with E-state index < -0.39 is 0 Å². The van der Waals surface area contributed by atoms with Crippen LogP contribution in [0, 0.1) is 0 Å². The molecule has 1 aromatic heterocycles. The van der Waals surface area contributed by atoms with Gasteiger partial charge in [0.1, 0.15) is 5.75 Å². The van der Waals surface area contributed by atoms with Gasteiger partial charge in [-0.1, -0.05) is 0 Å². The lowest BCUT2D eigenvalue weighted by Gasteiger charge is -2.10. The molecule has 0 atom stereocenters. The largest absolute Gasteiger partial charge is 0.495 e. The first-order chi connectivity index (χ1) is 8.20. The third-order valence-electron chi connectivity index (χ3n) is 2.06. The SMILES string of the molecule is COc1ccc(-c2nn[nH]n2)cc1NC(N)=S. The second kappa shape index (κ2) is 4.74. The lowest BCUT2D eigenvalue weighted by molar-refractivity contribution is 0.417. The van der Waals surface area contributed by atoms with Crippen LogP contribution in [0.25, 0.3) is 11.4 Å². The molecule has 1 aromatic carbocycles. The summed E-state index contributed by atoms with van der Waals surface area (Å²) in [7, 11) is 1.56. The van der Waals surface area contributed by atoms with Crippen molar-refractivity contribution in [3.8, 4) is 17.1 Å². The number of rotatable bonds is 3. The highest BCUT2D eigenvalue weighted by Gasteiger charge is 2.08. The summed E-state index contributed by atoms with van der Waals surface area (Å²) < 4.78 is 5.18. The fraction of sp³-hybridized carbons (Fsp3) is 0.111. The van der Waals surface area contributed by atoms with Gasteiger partial charge in [-0.15, -0.1) is 10.2 Å². The summed E-state index contributed by atoms with van der Waals surface area (Å²) in [5.74, 6) is 1.11. The van der Waals surface area contributed by atoms with Gasteiger partial charge in [-0.05, 0) is 35.6 Å². The summed E-state index contributed by atoms with van der Waals surface area (Å²) in [6.07, 6.45) is 0. The van der Waals surface area contributed by atoms with Gasteiger partial charge < -0.3 is 15.8 Å². The van der Waals surface area contributed by atoms with E-state index in [9.17, 15) is 0 Å². The summed E-state index contributed by atoms with van der Waals surface area (Å²) >= 11 is 4.79. The first kappa shape index (κ1) is 11.3. The smallest absolute Gasteiger partial charge is 0.204 e. The Morgan fingerprint density at radius 2 is 2.35 bits per heavy atom. The zero-order valence-corrected chi connectivity index (χ0v) is 9.78. The number of ether oxygens (including phenoxy) is 1. The van der Waals surface area contributed by atoms with Crippen LogP contribution in [-0.4, -0.2) is 32.8 Å². The lowest BCUT2D eigenvalue weighted by Crippen LogP contribution is -2.19. The molecule has 0 saturated carbocycles. The maximum atomic E-state index is 5.43. The number of nitrogens with zero attached hydrogens (tertiary/aromatic N) is 3. The predicted octanol–water partition coefficient (Wildman–Crippen LogP) is 0.531. The molecule has 8 heteroatoms. The predicted molar refractivity (Wildman–Crippen MR) is 66.6 cm³/mol. The van der Waals surface area contributed by atoms with Crippen molar-refractivity contribution < 1.29 is 4.74 Å². The Hall–Kier alpha value is -2.22. The number of nitrogens with two attached hydrogens (primary N) is 1. The number of hydrogen-bond donors (Lipinski definition) is 3. The number of methoxy groups -OCH3 is 1. The Morgan fingerprint density at radius 1 is 1.53 bits per heavy atom. The summed E-state index contributed by atoms with van der Waals surface area (Å²) in [4.78, 5) is 0. The first-order valence-corrected chi connectivity index (χ1v) is 5.10. The standard InChI is InChI=1S/C9H10N6OS/c1-16-7-3-2-5(8-12-14-15-13-8)4-6(7)11-9(10)17/h2-4H,1H3,(H3,10,11,17)(H,12,13,14,15). The van der Waals surface area contributed by atoms with Crippen LogP contribution in [0.4, 0.5) is 5.69 Å². The van der Waals surface area contributed by atoms with Gasteiger partial charge in [0.15, 0.2) is 5.11 Å². The lowest BCUT2D eigenvalue weighted by atomic mass is 10.2. The van der Waals surface area contributed by atoms with Crippen LogP contribution in [0.3, 0.4) is 0 Å². The number of anilines is 1. The van der Waals surface area contributed by atoms with Gasteiger partial charge in [0.25, 0.3) is 0 Å². The van der Waals surface area contributed by atoms with Gasteiger partial charge >= 0.3 is 0 Å². The highest BCUT2D eigenvalue weighted by molar-refractivity contribution is 7.80. The monoisotopic (exact) mass is 250 g/mol. The van der Waals surface area contributed by atoms with E-state index in [-0.39, 0.29) is 5.11 Å². The number of H-pyrrole nitrogens is 1. The fourth-order valence-electron chi connectivity index (χ4n) is 1.36. The van der Waals surface area contributed by atoms with Gasteiger partial charge in [0, 0.05) is 5.56 Å². The minimum Gasteiger partial charge on any atom is -0.495 e. The van der Waals surface area contributed by atoms with Crippen molar-refractivity contribution >= 4 is 23.0 Å². The molecule has 2 rings (SSSR count). The molecule has 7 nitrogen and oxygen atoms in total. The molecule has 4 N–H and O–H groups in total. The van der Waals surface area contributed by atoms with Crippen LogP contribution in [-0.2, 0) is 0 Å². The highest BCUT2D eigenvalue weighted by atomic mass is 32.1. The average Bonchev–Trinajstić information content (AvgIpc) is 2.81. The van der Waals surface area contributed by atoms with Crippen molar-refractivity contribution in [3.63, 3.8) is 0 Å². The van der Waals surface area contributed by atoms with Crippen LogP contribution in [0.5, 0.6) is 5.75 Å². The molecule has 0 aliphatic heterocycles. The van der Waals surface area contributed by atoms with Crippen LogP contribution in [0.1, 0.15) is 0 Å². The summed E-state index contributed by atoms with van der Waals surface area (Å²) in [6, 6.07) is 5.36. The molecule has 0 amide bonds. The van der Waals surface area contributed by atoms with E-state index in [2.05, 4.69) is 25.9 Å². The van der Waals surface area contributed by atoms with Gasteiger partial charge in [-0.25, -0.2) is 0 Å². The Kier molecular flexibility index (Phi) is 3.15. The van der Waals surface area contributed by atoms with Crippen molar-refractivity contribution in [2.24, 2.45) is 5.73 Å². The Bertz CT molecular complexity index is 526. The van der Waals surface area contributed by atoms with Crippen molar-refractivity contribution in [2.45, 2.75) is 0 Å². The van der Waals surface area contributed by atoms with E-state index in [1.165, 1.54) is 0 Å². The average molecular weight is 250 g/mol. The molecule has 0 aliphatic carbocycles. The Labute approximate surface area is 102 Å². The van der Waals surface area contributed by atoms with Gasteiger partial charge in [-0.2, -0.15) is 5.21 Å². The van der Waals surface area contributed by atoms with Gasteiger partial charge in [0.05, 0.1) is 12.8 Å². The summed E-state index contributed by atoms with van der Waals surface area (Å²) in [6.45, 7) is 0. The molecule has 0 fully saturated rings. The third-order valence-corrected chi connectivity index (χ3v) is 2.16. The second-order valence-corrected chi connectivity index (χ2v) is 3.58. The number of thiocarbonyl (C=S) groups is 1. The molecule has 88 valence electrons. The van der Waals surface area contributed by atoms with Gasteiger partial charge in [0.2, 0.25) is 5.82 Å². The molecule has 0 bridgehead atoms. The Morgan fingerprint density at radius 3 is 2.94 bits per heavy atom. The number of tetrazole rings is 1. The van der Waals surface area contributed by atoms with Crippen LogP contribution in [0.2, 0.25) is 0 Å². The number of hydrogen-bond acceptors (Lipinski definition) is 5. The molecule has 0 aliphatic rings. The van der Waals surface area contributed by atoms with E-state index in [1.54, 1.807) is 19.2 Å². The second-order valence-electron chi connectivity index (χ2n) is 3.14. The van der Waals surface area contributed by atoms with E-state index in [0.29, 0.717) is 17.3 Å². The van der Waals surface area contributed by atoms with Crippen molar-refractivity contribution in [2.75, 3.05) is 12.4 Å². The van der Waals surface area contributed by atoms with Gasteiger partial charge in [-0.3, -0.25) is 0 Å². The van der Waals surface area contributed by atoms with E-state index in [0.717, 1.165) is 5.56 Å². The van der Waals surface area contributed by atoms with E-state index in [4.69, 9.17) is 22.7 Å². The van der Waals surface area contributed by atoms with Crippen molar-refractivity contribution in [1.82, 2.24) is 20.6 Å². The third kappa shape index (κ3) is 2.48. The minimum atomic E-state index is 0.161. The maximum Gasteiger partial charge on any atom is 0.204 e. The van der Waals surface area contributed by atoms with Crippen molar-refractivity contribution in [3.05, 3.63) is 18.2 Å². The van der Waals surface area contributed by atoms with Crippen molar-refractivity contribution in [1.29, 1.82) is 0 Å². The molecule has 0 radical (unpaired) electrons. The zero-order valence-electron chi connectivity index (χ0n) is 8.97. The molecule has 0 saturated heterocycles. The first-order valence-electron chi connectivity index (χ1n) is 4.69. The number of nitrogens with one attached hydrogen (secondary N) is 2. The van der Waals surface area contributed by atoms with Crippen LogP contribution < -0.4 is 15.8 Å². The highest BCUT2D eigenvalue weighted by Crippen LogP contribution is 2.28. The molecule has 2 aromatic rings. The normalized spacial score (nSPS) is 9.94. The number of aromatic nitrogens is 4.